The van der Waals surface area contributed by atoms with Crippen molar-refractivity contribution in [1.29, 1.82) is 0 Å². The van der Waals surface area contributed by atoms with Crippen LogP contribution in [0.2, 0.25) is 0 Å². The number of hydrogen-bond acceptors (Lipinski definition) is 5. The molecule has 1 N–H and O–H groups in total. The predicted molar refractivity (Wildman–Crippen MR) is 90.3 cm³/mol. The van der Waals surface area contributed by atoms with Gasteiger partial charge in [-0.15, -0.1) is 0 Å². The minimum Gasteiger partial charge on any atom is -0.377 e. The SMILES string of the molecule is CC(C)OCCNC(=O)c1cccc(N2C(=O)C(C)CS2(=O)=O)c1. The molecule has 7 nitrogen and oxygen atoms in total. The molecule has 0 saturated carbocycles. The van der Waals surface area contributed by atoms with E-state index in [0.29, 0.717) is 18.7 Å². The van der Waals surface area contributed by atoms with Crippen LogP contribution in [-0.4, -0.2) is 45.2 Å². The molecule has 1 aromatic carbocycles. The monoisotopic (exact) mass is 354 g/mol. The van der Waals surface area contributed by atoms with Gasteiger partial charge in [-0.25, -0.2) is 12.7 Å². The first-order chi connectivity index (χ1) is 11.2. The number of carbonyl (C=O) groups excluding carboxylic acids is 2. The van der Waals surface area contributed by atoms with Crippen LogP contribution in [0.3, 0.4) is 0 Å². The smallest absolute Gasteiger partial charge is 0.251 e. The van der Waals surface area contributed by atoms with Gasteiger partial charge in [0.25, 0.3) is 5.91 Å². The quantitative estimate of drug-likeness (QED) is 0.774. The average Bonchev–Trinajstić information content (AvgIpc) is 2.71. The highest BCUT2D eigenvalue weighted by molar-refractivity contribution is 7.94. The van der Waals surface area contributed by atoms with Crippen LogP contribution < -0.4 is 9.62 Å². The Morgan fingerprint density at radius 1 is 1.42 bits per heavy atom. The highest BCUT2D eigenvalue weighted by Crippen LogP contribution is 2.28. The van der Waals surface area contributed by atoms with Crippen LogP contribution in [-0.2, 0) is 19.6 Å². The van der Waals surface area contributed by atoms with Gasteiger partial charge in [0.1, 0.15) is 0 Å². The van der Waals surface area contributed by atoms with Crippen LogP contribution in [0.15, 0.2) is 24.3 Å². The van der Waals surface area contributed by atoms with E-state index in [0.717, 1.165) is 4.31 Å². The summed E-state index contributed by atoms with van der Waals surface area (Å²) in [5.74, 6) is -1.62. The van der Waals surface area contributed by atoms with Crippen LogP contribution in [0.5, 0.6) is 0 Å². The zero-order chi connectivity index (χ0) is 17.9. The van der Waals surface area contributed by atoms with Gasteiger partial charge in [-0.2, -0.15) is 0 Å². The fourth-order valence-electron chi connectivity index (χ4n) is 2.42. The van der Waals surface area contributed by atoms with Crippen LogP contribution in [0.25, 0.3) is 0 Å². The number of amides is 2. The van der Waals surface area contributed by atoms with Crippen molar-refractivity contribution in [2.75, 3.05) is 23.2 Å². The van der Waals surface area contributed by atoms with Crippen molar-refractivity contribution >= 4 is 27.5 Å². The third-order valence-electron chi connectivity index (χ3n) is 3.54. The summed E-state index contributed by atoms with van der Waals surface area (Å²) in [6, 6.07) is 6.04. The Balaban J connectivity index is 2.12. The van der Waals surface area contributed by atoms with E-state index in [4.69, 9.17) is 4.74 Å². The molecule has 24 heavy (non-hydrogen) atoms. The van der Waals surface area contributed by atoms with Crippen LogP contribution in [0, 0.1) is 5.92 Å². The van der Waals surface area contributed by atoms with Crippen molar-refractivity contribution in [2.45, 2.75) is 26.9 Å². The Kier molecular flexibility index (Phi) is 5.61. The lowest BCUT2D eigenvalue weighted by atomic mass is 10.1. The maximum absolute atomic E-state index is 12.1. The summed E-state index contributed by atoms with van der Waals surface area (Å²) in [4.78, 5) is 24.3. The molecule has 1 fully saturated rings. The van der Waals surface area contributed by atoms with Crippen LogP contribution in [0.4, 0.5) is 5.69 Å². The van der Waals surface area contributed by atoms with Gasteiger partial charge < -0.3 is 10.1 Å². The highest BCUT2D eigenvalue weighted by atomic mass is 32.2. The van der Waals surface area contributed by atoms with Crippen molar-refractivity contribution in [2.24, 2.45) is 5.92 Å². The second kappa shape index (κ2) is 7.31. The molecule has 1 saturated heterocycles. The number of nitrogens with zero attached hydrogens (tertiary/aromatic N) is 1. The van der Waals surface area contributed by atoms with E-state index in [1.807, 2.05) is 13.8 Å². The topological polar surface area (TPSA) is 92.8 Å². The standard InChI is InChI=1S/C16H22N2O5S/c1-11(2)23-8-7-17-15(19)13-5-4-6-14(9-13)18-16(20)12(3)10-24(18,21)22/h4-6,9,11-12H,7-8,10H2,1-3H3,(H,17,19). The first-order valence-corrected chi connectivity index (χ1v) is 9.40. The van der Waals surface area contributed by atoms with Gasteiger partial charge in [-0.1, -0.05) is 13.0 Å². The molecule has 2 rings (SSSR count). The van der Waals surface area contributed by atoms with E-state index >= 15 is 0 Å². The Bertz CT molecular complexity index is 730. The number of ether oxygens (including phenoxy) is 1. The molecule has 0 radical (unpaired) electrons. The van der Waals surface area contributed by atoms with Crippen molar-refractivity contribution in [3.05, 3.63) is 29.8 Å². The predicted octanol–water partition coefficient (Wildman–Crippen LogP) is 1.15. The number of nitrogens with one attached hydrogen (secondary N) is 1. The second-order valence-corrected chi connectivity index (χ2v) is 7.87. The summed E-state index contributed by atoms with van der Waals surface area (Å²) in [5, 5.41) is 2.70. The second-order valence-electron chi connectivity index (χ2n) is 6.01. The molecule has 1 heterocycles. The van der Waals surface area contributed by atoms with E-state index < -0.39 is 21.8 Å². The van der Waals surface area contributed by atoms with Crippen LogP contribution >= 0.6 is 0 Å². The van der Waals surface area contributed by atoms with E-state index in [9.17, 15) is 18.0 Å². The van der Waals surface area contributed by atoms with Crippen LogP contribution in [0.1, 0.15) is 31.1 Å². The molecular formula is C16H22N2O5S. The Labute approximate surface area is 142 Å². The molecule has 0 spiro atoms. The molecule has 2 amide bonds. The lowest BCUT2D eigenvalue weighted by Gasteiger charge is -2.16. The van der Waals surface area contributed by atoms with Gasteiger partial charge in [0.05, 0.1) is 30.1 Å². The summed E-state index contributed by atoms with van der Waals surface area (Å²) in [5.41, 5.74) is 0.482. The van der Waals surface area contributed by atoms with E-state index in [2.05, 4.69) is 5.32 Å². The summed E-state index contributed by atoms with van der Waals surface area (Å²) in [6.07, 6.45) is 0.0820. The zero-order valence-electron chi connectivity index (χ0n) is 14.0. The average molecular weight is 354 g/mol. The number of sulfonamides is 1. The molecule has 1 aliphatic rings. The fraction of sp³-hybridized carbons (Fsp3) is 0.500. The number of rotatable bonds is 6. The van der Waals surface area contributed by atoms with Crippen molar-refractivity contribution in [3.63, 3.8) is 0 Å². The summed E-state index contributed by atoms with van der Waals surface area (Å²) in [7, 11) is -3.68. The van der Waals surface area contributed by atoms with Gasteiger partial charge in [0, 0.05) is 12.1 Å². The number of hydrogen-bond donors (Lipinski definition) is 1. The van der Waals surface area contributed by atoms with Crippen molar-refractivity contribution in [3.8, 4) is 0 Å². The van der Waals surface area contributed by atoms with E-state index in [-0.39, 0.29) is 23.5 Å². The number of anilines is 1. The van der Waals surface area contributed by atoms with Gasteiger partial charge in [0.15, 0.2) is 0 Å². The van der Waals surface area contributed by atoms with Gasteiger partial charge in [-0.3, -0.25) is 9.59 Å². The Hall–Kier alpha value is -1.93. The van der Waals surface area contributed by atoms with Crippen molar-refractivity contribution < 1.29 is 22.7 Å². The normalized spacial score (nSPS) is 19.8. The molecule has 0 bridgehead atoms. The van der Waals surface area contributed by atoms with Crippen molar-refractivity contribution in [1.82, 2.24) is 5.32 Å². The number of benzene rings is 1. The van der Waals surface area contributed by atoms with Gasteiger partial charge in [-0.05, 0) is 32.0 Å². The number of carbonyl (C=O) groups is 2. The summed E-state index contributed by atoms with van der Waals surface area (Å²) in [6.45, 7) is 6.11. The first-order valence-electron chi connectivity index (χ1n) is 7.79. The molecule has 0 aromatic heterocycles. The third kappa shape index (κ3) is 4.12. The molecule has 8 heteroatoms. The first kappa shape index (κ1) is 18.4. The minimum absolute atomic E-state index is 0.0820. The molecule has 1 aliphatic heterocycles. The van der Waals surface area contributed by atoms with Gasteiger partial charge in [0.2, 0.25) is 15.9 Å². The third-order valence-corrected chi connectivity index (χ3v) is 5.41. The lowest BCUT2D eigenvalue weighted by molar-refractivity contribution is -0.119. The van der Waals surface area contributed by atoms with Gasteiger partial charge >= 0.3 is 0 Å². The highest BCUT2D eigenvalue weighted by Gasteiger charge is 2.42. The Morgan fingerprint density at radius 2 is 2.12 bits per heavy atom. The van der Waals surface area contributed by atoms with E-state index in [1.165, 1.54) is 12.1 Å². The Morgan fingerprint density at radius 3 is 2.71 bits per heavy atom. The summed E-state index contributed by atoms with van der Waals surface area (Å²) >= 11 is 0. The van der Waals surface area contributed by atoms with E-state index in [1.54, 1.807) is 19.1 Å². The molecule has 0 aliphatic carbocycles. The largest absolute Gasteiger partial charge is 0.377 e. The maximum atomic E-state index is 12.1. The fourth-order valence-corrected chi connectivity index (χ4v) is 4.23. The maximum Gasteiger partial charge on any atom is 0.251 e. The summed E-state index contributed by atoms with van der Waals surface area (Å²) < 4.78 is 30.4. The molecule has 132 valence electrons. The lowest BCUT2D eigenvalue weighted by Crippen LogP contribution is -2.31. The zero-order valence-corrected chi connectivity index (χ0v) is 14.8. The molecule has 1 atom stereocenters. The minimum atomic E-state index is -3.68. The molecule has 1 aromatic rings. The molecular weight excluding hydrogens is 332 g/mol. The molecule has 1 unspecified atom stereocenters.